The third-order valence-corrected chi connectivity index (χ3v) is 26.0. The van der Waals surface area contributed by atoms with Crippen molar-refractivity contribution in [3.63, 3.8) is 0 Å². The fraction of sp³-hybridized carbons (Fsp3) is 0.496. The van der Waals surface area contributed by atoms with Crippen LogP contribution in [0.25, 0.3) is 0 Å². The van der Waals surface area contributed by atoms with Crippen LogP contribution in [-0.2, 0) is 6.42 Å². The van der Waals surface area contributed by atoms with Gasteiger partial charge < -0.3 is 15.3 Å². The van der Waals surface area contributed by atoms with E-state index in [0.29, 0.717) is 87.7 Å². The van der Waals surface area contributed by atoms with E-state index in [1.165, 1.54) is 61.8 Å². The van der Waals surface area contributed by atoms with Crippen LogP contribution in [0, 0.1) is 184 Å². The van der Waals surface area contributed by atoms with Crippen LogP contribution >= 0.6 is 22.9 Å². The second-order valence-electron chi connectivity index (χ2n) is 39.3. The van der Waals surface area contributed by atoms with Gasteiger partial charge in [-0.15, -0.1) is 11.3 Å². The molecule has 0 aliphatic carbocycles. The monoisotopic (exact) mass is 1880 g/mol. The Bertz CT molecular complexity index is 4690. The molecule has 10 rings (SSSR count). The Kier molecular flexibility index (Phi) is 55.9. The molecule has 734 valence electrons. The summed E-state index contributed by atoms with van der Waals surface area (Å²) in [4.78, 5) is 2.95. The summed E-state index contributed by atoms with van der Waals surface area (Å²) in [5.41, 5.74) is 14.6. The van der Waals surface area contributed by atoms with Crippen molar-refractivity contribution in [2.24, 2.45) is 59.2 Å². The maximum Gasteiger partial charge on any atom is 0.194 e. The highest BCUT2D eigenvalue weighted by Crippen LogP contribution is 2.35. The van der Waals surface area contributed by atoms with Gasteiger partial charge in [0.2, 0.25) is 0 Å². The predicted octanol–water partition coefficient (Wildman–Crippen LogP) is 35.7. The summed E-state index contributed by atoms with van der Waals surface area (Å²) in [5, 5.41) is 28.2. The van der Waals surface area contributed by atoms with Crippen LogP contribution in [0.4, 0.5) is 52.7 Å². The lowest BCUT2D eigenvalue weighted by molar-refractivity contribution is 0.236. The summed E-state index contributed by atoms with van der Waals surface area (Å²) in [5.74, 6) is -1.11. The van der Waals surface area contributed by atoms with Crippen molar-refractivity contribution >= 4 is 22.9 Å². The van der Waals surface area contributed by atoms with Gasteiger partial charge in [0.25, 0.3) is 0 Å². The highest BCUT2D eigenvalue weighted by molar-refractivity contribution is 7.12. The number of thiophene rings is 1. The van der Waals surface area contributed by atoms with Gasteiger partial charge >= 0.3 is 0 Å². The lowest BCUT2D eigenvalue weighted by Crippen LogP contribution is -2.12. The van der Waals surface area contributed by atoms with Crippen LogP contribution in [0.1, 0.15) is 332 Å². The molecule has 0 aliphatic heterocycles. The Balaban J connectivity index is 0.000000734. The average molecular weight is 1890 g/mol. The van der Waals surface area contributed by atoms with Crippen molar-refractivity contribution in [1.82, 2.24) is 0 Å². The van der Waals surface area contributed by atoms with Crippen molar-refractivity contribution in [2.75, 3.05) is 19.8 Å². The smallest absolute Gasteiger partial charge is 0.194 e. The number of aliphatic hydroxyl groups is 3. The van der Waals surface area contributed by atoms with E-state index in [2.05, 4.69) is 227 Å². The topological polar surface area (TPSA) is 60.7 Å². The molecule has 1 heterocycles. The first-order chi connectivity index (χ1) is 61.2. The highest BCUT2D eigenvalue weighted by atomic mass is 35.5. The van der Waals surface area contributed by atoms with E-state index in [0.717, 1.165) is 74.5 Å². The number of aliphatic hydroxyl groups excluding tert-OH is 3. The number of hydrogen-bond acceptors (Lipinski definition) is 4. The quantitative estimate of drug-likeness (QED) is 0.0442. The van der Waals surface area contributed by atoms with E-state index in [9.17, 15) is 57.8 Å². The van der Waals surface area contributed by atoms with E-state index in [-0.39, 0.29) is 78.3 Å². The summed E-state index contributed by atoms with van der Waals surface area (Å²) in [6.45, 7) is 70.1. The second-order valence-corrected chi connectivity index (χ2v) is 41.0. The molecule has 0 spiro atoms. The van der Waals surface area contributed by atoms with Gasteiger partial charge in [0.05, 0.1) is 19.8 Å². The zero-order valence-electron chi connectivity index (χ0n) is 85.5. The SMILES string of the molecule is CC(C)C(CO)c1cc(F)c(F)c(F)c1.CC(C)C(CO)c1cc(F)cc(F)c1.Cc1cc(C(C)C(C)C)cc(F)c1F.Cc1cc(C(C)C(C)C)ccc1F.Cc1cc(CC(C)C)cc(F)c1F.Cc1cc(Cl)cc(C(C)C(C)C)c1.Cc1cc(F)cc(C(C)C(C)C)c1.Cc1cc(F)cc(C(C)C(C)C)c1.Cc1ccc(C(C)C(C)C)s1.Cc1ccc(C(CO)C(C)C)cc1. The van der Waals surface area contributed by atoms with Gasteiger partial charge in [0.15, 0.2) is 40.7 Å². The molecular formula is C115H159ClF12O3S. The van der Waals surface area contributed by atoms with Crippen LogP contribution in [-0.4, -0.2) is 35.1 Å². The van der Waals surface area contributed by atoms with Crippen molar-refractivity contribution in [1.29, 1.82) is 0 Å². The van der Waals surface area contributed by atoms with Crippen molar-refractivity contribution < 1.29 is 68.0 Å². The molecule has 17 heteroatoms. The molecule has 0 fully saturated rings. The van der Waals surface area contributed by atoms with Gasteiger partial charge in [-0.1, -0.05) is 264 Å². The Labute approximate surface area is 797 Å². The van der Waals surface area contributed by atoms with Crippen molar-refractivity contribution in [3.05, 3.63) is 337 Å². The summed E-state index contributed by atoms with van der Waals surface area (Å²) >= 11 is 7.92. The van der Waals surface area contributed by atoms with Crippen molar-refractivity contribution in [2.45, 2.75) is 295 Å². The number of halogens is 13. The van der Waals surface area contributed by atoms with E-state index < -0.39 is 52.4 Å². The van der Waals surface area contributed by atoms with Gasteiger partial charge in [-0.3, -0.25) is 0 Å². The molecular weight excluding hydrogens is 1720 g/mol. The first-order valence-electron chi connectivity index (χ1n) is 46.8. The molecule has 0 saturated carbocycles. The molecule has 0 radical (unpaired) electrons. The molecule has 0 aliphatic rings. The van der Waals surface area contributed by atoms with Crippen LogP contribution in [0.2, 0.25) is 5.02 Å². The van der Waals surface area contributed by atoms with Crippen LogP contribution in [0.15, 0.2) is 164 Å². The number of benzene rings is 9. The first-order valence-corrected chi connectivity index (χ1v) is 48.0. The predicted molar refractivity (Wildman–Crippen MR) is 537 cm³/mol. The fourth-order valence-corrected chi connectivity index (χ4v) is 15.3. The molecule has 132 heavy (non-hydrogen) atoms. The standard InChI is InChI=1S/C12H17Cl.C12H16F2.3C12H17F.C12H18O.C11H13F3O.C11H14F2O.C11H14F2.C10H16S/c1-8(2)10(4)11-5-9(3)6-12(13)7-11;1-7(2)9(4)10-5-8(3)12(14)11(13)6-10;2*1-8(2)10(4)11-5-9(3)6-12(13)7-11;1-8(2)10(4)11-5-6-12(13)9(3)7-11;1-9(2)12(8-13)11-6-4-10(3)5-7-11;1-6(2)8(5-15)7-3-9(12)11(14)10(13)4-7;1-7(2)11(6-14)8-3-9(12)5-10(13)4-8;1-7(2)4-9-5-8(3)11(13)10(12)6-9;1-7(2)9(4)10-6-5-8(3)11-10/h5-8,10H,1-4H3;5-7,9H,1-4H3;3*5-8,10H,1-4H3;4-7,9,12-13H,8H2,1-3H3;3-4,6,8,15H,5H2,1-2H3;3-5,7,11,14H,6H2,1-2H3;5-7H,4H2,1-3H3;5-7,9H,1-4H3. The molecule has 0 amide bonds. The number of aryl methyl sites for hydroxylation is 8. The lowest BCUT2D eigenvalue weighted by Gasteiger charge is -2.18. The molecule has 9 aromatic carbocycles. The van der Waals surface area contributed by atoms with Crippen LogP contribution < -0.4 is 0 Å². The van der Waals surface area contributed by atoms with Crippen molar-refractivity contribution in [3.8, 4) is 0 Å². The zero-order valence-corrected chi connectivity index (χ0v) is 87.1. The summed E-state index contributed by atoms with van der Waals surface area (Å²) in [6, 6.07) is 46.3. The van der Waals surface area contributed by atoms with Gasteiger partial charge in [0, 0.05) is 38.6 Å². The maximum absolute atomic E-state index is 13.1. The third-order valence-electron chi connectivity index (χ3n) is 24.6. The Morgan fingerprint density at radius 3 is 0.894 bits per heavy atom. The largest absolute Gasteiger partial charge is 0.396 e. The number of hydrogen-bond donors (Lipinski definition) is 3. The van der Waals surface area contributed by atoms with E-state index in [4.69, 9.17) is 21.8 Å². The normalized spacial score (nSPS) is 13.2. The lowest BCUT2D eigenvalue weighted by atomic mass is 9.89. The molecule has 9 unspecified atom stereocenters. The third kappa shape index (κ3) is 43.8. The Morgan fingerprint density at radius 2 is 0.561 bits per heavy atom. The molecule has 3 N–H and O–H groups in total. The minimum atomic E-state index is -1.47. The highest BCUT2D eigenvalue weighted by Gasteiger charge is 2.23. The number of rotatable bonds is 23. The molecule has 0 bridgehead atoms. The summed E-state index contributed by atoms with van der Waals surface area (Å²) in [7, 11) is 0. The fourth-order valence-electron chi connectivity index (χ4n) is 13.9. The minimum Gasteiger partial charge on any atom is -0.396 e. The molecule has 9 atom stereocenters. The van der Waals surface area contributed by atoms with E-state index in [1.807, 2.05) is 84.9 Å². The average Bonchev–Trinajstić information content (AvgIpc) is 0.961. The summed E-state index contributed by atoms with van der Waals surface area (Å²) in [6.07, 6.45) is 0.790. The zero-order chi connectivity index (χ0) is 101. The molecule has 10 aromatic rings. The van der Waals surface area contributed by atoms with Gasteiger partial charge in [-0.2, -0.15) is 0 Å². The van der Waals surface area contributed by atoms with E-state index >= 15 is 0 Å². The second kappa shape index (κ2) is 60.5. The van der Waals surface area contributed by atoms with Gasteiger partial charge in [-0.25, -0.2) is 52.7 Å². The maximum atomic E-state index is 13.1. The van der Waals surface area contributed by atoms with Gasteiger partial charge in [0.1, 0.15) is 29.1 Å². The summed E-state index contributed by atoms with van der Waals surface area (Å²) < 4.78 is 155. The Hall–Kier alpha value is -7.99. The molecule has 0 saturated heterocycles. The first kappa shape index (κ1) is 122. The van der Waals surface area contributed by atoms with Gasteiger partial charge in [-0.05, 0) is 331 Å². The Morgan fingerprint density at radius 1 is 0.250 bits per heavy atom. The molecule has 1 aromatic heterocycles. The molecule has 3 nitrogen and oxygen atoms in total. The van der Waals surface area contributed by atoms with Crippen LogP contribution in [0.5, 0.6) is 0 Å². The van der Waals surface area contributed by atoms with E-state index in [1.54, 1.807) is 56.3 Å². The van der Waals surface area contributed by atoms with Crippen LogP contribution in [0.3, 0.4) is 0 Å². The minimum absolute atomic E-state index is 0.0271.